The third kappa shape index (κ3) is 3.27. The molecule has 0 saturated carbocycles. The minimum Gasteiger partial charge on any atom is -0.316 e. The van der Waals surface area contributed by atoms with E-state index in [1.165, 1.54) is 16.7 Å². The van der Waals surface area contributed by atoms with Gasteiger partial charge in [-0.05, 0) is 41.7 Å². The van der Waals surface area contributed by atoms with E-state index in [1.807, 2.05) is 41.3 Å². The van der Waals surface area contributed by atoms with Gasteiger partial charge in [0.1, 0.15) is 0 Å². The number of hydrogen-bond acceptors (Lipinski definition) is 1. The lowest BCUT2D eigenvalue weighted by molar-refractivity contribution is 0.140. The van der Waals surface area contributed by atoms with Crippen molar-refractivity contribution in [1.29, 1.82) is 0 Å². The van der Waals surface area contributed by atoms with Gasteiger partial charge in [-0.15, -0.1) is 11.6 Å². The average Bonchev–Trinajstić information content (AvgIpc) is 2.80. The highest BCUT2D eigenvalue weighted by Crippen LogP contribution is 2.45. The van der Waals surface area contributed by atoms with E-state index in [2.05, 4.69) is 53.4 Å². The number of amides is 2. The number of alkyl halides is 1. The summed E-state index contributed by atoms with van der Waals surface area (Å²) in [6.45, 7) is 0.696. The molecule has 3 atom stereocenters. The molecule has 0 unspecified atom stereocenters. The molecule has 4 heteroatoms. The van der Waals surface area contributed by atoms with E-state index in [0.717, 1.165) is 18.5 Å². The normalized spacial score (nSPS) is 23.1. The second kappa shape index (κ2) is 8.16. The first-order chi connectivity index (χ1) is 14.8. The van der Waals surface area contributed by atoms with E-state index in [0.29, 0.717) is 12.4 Å². The van der Waals surface area contributed by atoms with Crippen LogP contribution in [0.15, 0.2) is 84.9 Å². The second-order valence-electron chi connectivity index (χ2n) is 8.12. The first kappa shape index (κ1) is 19.2. The Bertz CT molecular complexity index is 1020. The van der Waals surface area contributed by atoms with Crippen molar-refractivity contribution in [3.8, 4) is 0 Å². The molecule has 2 heterocycles. The zero-order valence-corrected chi connectivity index (χ0v) is 17.6. The third-order valence-electron chi connectivity index (χ3n) is 6.48. The zero-order chi connectivity index (χ0) is 20.5. The quantitative estimate of drug-likeness (QED) is 0.464. The Morgan fingerprint density at radius 3 is 2.17 bits per heavy atom. The van der Waals surface area contributed by atoms with E-state index >= 15 is 0 Å². The van der Waals surface area contributed by atoms with Crippen LogP contribution in [0.25, 0.3) is 0 Å². The van der Waals surface area contributed by atoms with Gasteiger partial charge < -0.3 is 4.90 Å². The topological polar surface area (TPSA) is 23.6 Å². The van der Waals surface area contributed by atoms with Gasteiger partial charge >= 0.3 is 6.03 Å². The van der Waals surface area contributed by atoms with Crippen LogP contribution in [0.2, 0.25) is 0 Å². The van der Waals surface area contributed by atoms with Crippen LogP contribution in [0.3, 0.4) is 0 Å². The van der Waals surface area contributed by atoms with Gasteiger partial charge in [-0.2, -0.15) is 0 Å². The second-order valence-corrected chi connectivity index (χ2v) is 8.49. The number of benzene rings is 3. The molecule has 152 valence electrons. The molecular formula is C26H25ClN2O. The van der Waals surface area contributed by atoms with Crippen LogP contribution in [0.5, 0.6) is 0 Å². The summed E-state index contributed by atoms with van der Waals surface area (Å²) in [6.07, 6.45) is 1.68. The number of urea groups is 1. The molecule has 3 aromatic rings. The fourth-order valence-corrected chi connectivity index (χ4v) is 5.35. The van der Waals surface area contributed by atoms with E-state index in [1.54, 1.807) is 0 Å². The fourth-order valence-electron chi connectivity index (χ4n) is 5.10. The Balaban J connectivity index is 1.59. The van der Waals surface area contributed by atoms with Crippen molar-refractivity contribution < 1.29 is 4.79 Å². The van der Waals surface area contributed by atoms with Gasteiger partial charge in [-0.3, -0.25) is 4.90 Å². The molecular weight excluding hydrogens is 392 g/mol. The Morgan fingerprint density at radius 2 is 1.47 bits per heavy atom. The summed E-state index contributed by atoms with van der Waals surface area (Å²) in [6, 6.07) is 29.5. The molecule has 0 N–H and O–H groups in total. The number of carbonyl (C=O) groups excluding carboxylic acids is 1. The Labute approximate surface area is 182 Å². The lowest BCUT2D eigenvalue weighted by Gasteiger charge is -2.50. The Kier molecular flexibility index (Phi) is 5.22. The van der Waals surface area contributed by atoms with Crippen LogP contribution in [0, 0.1) is 0 Å². The number of rotatable bonds is 4. The molecule has 0 spiro atoms. The summed E-state index contributed by atoms with van der Waals surface area (Å²) in [5.74, 6) is 0.729. The van der Waals surface area contributed by atoms with Gasteiger partial charge in [-0.1, -0.05) is 72.8 Å². The summed E-state index contributed by atoms with van der Waals surface area (Å²) in [5, 5.41) is 0. The molecule has 3 nitrogen and oxygen atoms in total. The predicted molar refractivity (Wildman–Crippen MR) is 122 cm³/mol. The molecule has 3 aromatic carbocycles. The van der Waals surface area contributed by atoms with E-state index in [-0.39, 0.29) is 24.0 Å². The van der Waals surface area contributed by atoms with Crippen molar-refractivity contribution >= 4 is 23.3 Å². The van der Waals surface area contributed by atoms with E-state index in [9.17, 15) is 4.79 Å². The number of anilines is 1. The van der Waals surface area contributed by atoms with E-state index in [4.69, 9.17) is 11.6 Å². The van der Waals surface area contributed by atoms with Crippen molar-refractivity contribution in [3.63, 3.8) is 0 Å². The molecule has 1 saturated heterocycles. The molecule has 0 aromatic heterocycles. The highest BCUT2D eigenvalue weighted by atomic mass is 35.5. The van der Waals surface area contributed by atoms with Crippen LogP contribution in [-0.4, -0.2) is 29.4 Å². The average molecular weight is 417 g/mol. The van der Waals surface area contributed by atoms with Crippen LogP contribution in [0.4, 0.5) is 10.5 Å². The largest absolute Gasteiger partial charge is 0.325 e. The molecule has 30 heavy (non-hydrogen) atoms. The highest BCUT2D eigenvalue weighted by molar-refractivity contribution is 6.17. The Hall–Kier alpha value is -2.78. The molecule has 2 aliphatic heterocycles. The maximum absolute atomic E-state index is 13.8. The van der Waals surface area contributed by atoms with Gasteiger partial charge in [0, 0.05) is 30.1 Å². The maximum Gasteiger partial charge on any atom is 0.325 e. The van der Waals surface area contributed by atoms with Gasteiger partial charge in [0.2, 0.25) is 0 Å². The van der Waals surface area contributed by atoms with Crippen LogP contribution in [-0.2, 0) is 0 Å². The molecule has 1 fully saturated rings. The van der Waals surface area contributed by atoms with Crippen LogP contribution < -0.4 is 4.90 Å². The smallest absolute Gasteiger partial charge is 0.316 e. The summed E-state index contributed by atoms with van der Waals surface area (Å²) in [7, 11) is 0. The lowest BCUT2D eigenvalue weighted by atomic mass is 9.78. The highest BCUT2D eigenvalue weighted by Gasteiger charge is 2.45. The van der Waals surface area contributed by atoms with Gasteiger partial charge in [0.05, 0.1) is 6.04 Å². The molecule has 2 aliphatic rings. The molecule has 0 aliphatic carbocycles. The lowest BCUT2D eigenvalue weighted by Crippen LogP contribution is -2.58. The zero-order valence-electron chi connectivity index (χ0n) is 16.8. The summed E-state index contributed by atoms with van der Waals surface area (Å²) >= 11 is 6.16. The minimum absolute atomic E-state index is 0.0861. The first-order valence-electron chi connectivity index (χ1n) is 10.6. The van der Waals surface area contributed by atoms with Crippen molar-refractivity contribution in [2.24, 2.45) is 0 Å². The summed E-state index contributed by atoms with van der Waals surface area (Å²) in [5.41, 5.74) is 4.82. The number of nitrogens with zero attached hydrogens (tertiary/aromatic N) is 2. The number of halogens is 1. The van der Waals surface area contributed by atoms with Gasteiger partial charge in [-0.25, -0.2) is 4.79 Å². The number of para-hydroxylation sites is 1. The summed E-state index contributed by atoms with van der Waals surface area (Å²) < 4.78 is 0. The van der Waals surface area contributed by atoms with Crippen molar-refractivity contribution in [3.05, 3.63) is 102 Å². The molecule has 0 bridgehead atoms. The third-order valence-corrected chi connectivity index (χ3v) is 6.70. The van der Waals surface area contributed by atoms with Gasteiger partial charge in [0.25, 0.3) is 0 Å². The van der Waals surface area contributed by atoms with Crippen molar-refractivity contribution in [2.45, 2.75) is 30.8 Å². The van der Waals surface area contributed by atoms with Gasteiger partial charge in [0.15, 0.2) is 0 Å². The van der Waals surface area contributed by atoms with Crippen molar-refractivity contribution in [2.75, 3.05) is 17.3 Å². The maximum atomic E-state index is 13.8. The van der Waals surface area contributed by atoms with Crippen LogP contribution in [0.1, 0.15) is 41.5 Å². The summed E-state index contributed by atoms with van der Waals surface area (Å²) in [4.78, 5) is 17.9. The molecule has 5 rings (SSSR count). The number of carbonyl (C=O) groups is 1. The monoisotopic (exact) mass is 416 g/mol. The fraction of sp³-hybridized carbons (Fsp3) is 0.269. The SMILES string of the molecule is O=C1N2C[C@@H](c3ccccc3)c3ccccc3[C@@H]2C[C@@H](CCCl)N1c1ccccc1. The van der Waals surface area contributed by atoms with Crippen LogP contribution >= 0.6 is 11.6 Å². The molecule has 2 amide bonds. The number of fused-ring (bicyclic) bond motifs is 3. The molecule has 0 radical (unpaired) electrons. The standard InChI is InChI=1S/C26H25ClN2O/c27-16-15-21-17-25-23-14-8-7-13-22(23)24(19-9-3-1-4-10-19)18-28(25)26(30)29(21)20-11-5-2-6-12-20/h1-14,21,24-25H,15-18H2/t21-,24+,25+/m1/s1. The minimum atomic E-state index is 0.0861. The van der Waals surface area contributed by atoms with E-state index < -0.39 is 0 Å². The number of hydrogen-bond donors (Lipinski definition) is 0. The predicted octanol–water partition coefficient (Wildman–Crippen LogP) is 6.20. The van der Waals surface area contributed by atoms with Crippen molar-refractivity contribution in [1.82, 2.24) is 4.90 Å². The first-order valence-corrected chi connectivity index (χ1v) is 11.2. The Morgan fingerprint density at radius 1 is 0.833 bits per heavy atom.